The van der Waals surface area contributed by atoms with E-state index in [9.17, 15) is 4.79 Å². The molecular weight excluding hydrogens is 374 g/mol. The van der Waals surface area contributed by atoms with Crippen LogP contribution in [0.3, 0.4) is 0 Å². The molecule has 2 aromatic rings. The second-order valence-electron chi connectivity index (χ2n) is 9.00. The summed E-state index contributed by atoms with van der Waals surface area (Å²) in [6.07, 6.45) is 5.80. The summed E-state index contributed by atoms with van der Waals surface area (Å²) in [7, 11) is 2.13. The second-order valence-corrected chi connectivity index (χ2v) is 9.00. The quantitative estimate of drug-likeness (QED) is 0.779. The topological polar surface area (TPSA) is 42.9 Å². The number of fused-ring (bicyclic) bond motifs is 2. The molecule has 30 heavy (non-hydrogen) atoms. The molecule has 0 aliphatic carbocycles. The van der Waals surface area contributed by atoms with Gasteiger partial charge in [0.1, 0.15) is 6.04 Å². The van der Waals surface area contributed by atoms with E-state index in [0.717, 1.165) is 52.1 Å². The highest BCUT2D eigenvalue weighted by Crippen LogP contribution is 2.42. The highest BCUT2D eigenvalue weighted by molar-refractivity contribution is 5.85. The molecular formula is C24H31N5O. The van der Waals surface area contributed by atoms with Crippen molar-refractivity contribution >= 4 is 5.91 Å². The van der Waals surface area contributed by atoms with E-state index < -0.39 is 0 Å². The van der Waals surface area contributed by atoms with Crippen LogP contribution in [0.2, 0.25) is 0 Å². The van der Waals surface area contributed by atoms with Crippen molar-refractivity contribution in [2.24, 2.45) is 0 Å². The molecule has 0 unspecified atom stereocenters. The van der Waals surface area contributed by atoms with E-state index in [1.54, 1.807) is 0 Å². The number of amides is 1. The van der Waals surface area contributed by atoms with Crippen LogP contribution in [0.5, 0.6) is 0 Å². The first kappa shape index (κ1) is 19.7. The Balaban J connectivity index is 1.38. The molecule has 5 rings (SSSR count). The van der Waals surface area contributed by atoms with Gasteiger partial charge < -0.3 is 9.80 Å². The molecule has 6 heteroatoms. The van der Waals surface area contributed by atoms with Crippen molar-refractivity contribution in [3.8, 4) is 0 Å². The van der Waals surface area contributed by atoms with Gasteiger partial charge in [-0.2, -0.15) is 0 Å². The molecule has 1 aromatic carbocycles. The fourth-order valence-corrected chi connectivity index (χ4v) is 5.54. The lowest BCUT2D eigenvalue weighted by atomic mass is 9.92. The Hall–Kier alpha value is -2.28. The minimum absolute atomic E-state index is 0.00247. The van der Waals surface area contributed by atoms with E-state index in [-0.39, 0.29) is 11.7 Å². The summed E-state index contributed by atoms with van der Waals surface area (Å²) in [5, 5.41) is 0. The number of hydrogen-bond donors (Lipinski definition) is 0. The zero-order valence-electron chi connectivity index (χ0n) is 17.8. The molecule has 6 nitrogen and oxygen atoms in total. The van der Waals surface area contributed by atoms with Crippen molar-refractivity contribution in [3.05, 3.63) is 66.0 Å². The lowest BCUT2D eigenvalue weighted by molar-refractivity contribution is -0.135. The second kappa shape index (κ2) is 8.10. The largest absolute Gasteiger partial charge is 0.318 e. The number of piperazine rings is 1. The van der Waals surface area contributed by atoms with E-state index >= 15 is 0 Å². The van der Waals surface area contributed by atoms with Gasteiger partial charge in [-0.15, -0.1) is 0 Å². The molecule has 3 saturated heterocycles. The smallest absolute Gasteiger partial charge is 0.243 e. The summed E-state index contributed by atoms with van der Waals surface area (Å²) in [5.74, 6) is 0.311. The van der Waals surface area contributed by atoms with Gasteiger partial charge in [-0.25, -0.2) is 0 Å². The Morgan fingerprint density at radius 3 is 2.47 bits per heavy atom. The fourth-order valence-electron chi connectivity index (χ4n) is 5.54. The van der Waals surface area contributed by atoms with E-state index in [2.05, 4.69) is 62.0 Å². The number of pyridine rings is 1. The van der Waals surface area contributed by atoms with Gasteiger partial charge in [0.2, 0.25) is 5.91 Å². The molecule has 1 atom stereocenters. The van der Waals surface area contributed by atoms with E-state index in [1.807, 2.05) is 24.5 Å². The third-order valence-corrected chi connectivity index (χ3v) is 7.14. The Kier molecular flexibility index (Phi) is 5.31. The van der Waals surface area contributed by atoms with Gasteiger partial charge in [-0.1, -0.05) is 36.4 Å². The van der Waals surface area contributed by atoms with Gasteiger partial charge in [0, 0.05) is 58.2 Å². The molecule has 1 amide bonds. The van der Waals surface area contributed by atoms with Crippen LogP contribution in [0.1, 0.15) is 24.0 Å². The molecule has 4 heterocycles. The van der Waals surface area contributed by atoms with Crippen LogP contribution in [0, 0.1) is 0 Å². The average Bonchev–Trinajstić information content (AvgIpc) is 2.99. The molecule has 3 fully saturated rings. The summed E-state index contributed by atoms with van der Waals surface area (Å²) in [5.41, 5.74) is 2.33. The minimum atomic E-state index is -0.149. The number of benzene rings is 1. The van der Waals surface area contributed by atoms with Crippen molar-refractivity contribution in [2.45, 2.75) is 37.6 Å². The molecule has 0 bridgehead atoms. The maximum atomic E-state index is 13.6. The summed E-state index contributed by atoms with van der Waals surface area (Å²) >= 11 is 0. The van der Waals surface area contributed by atoms with Crippen molar-refractivity contribution in [2.75, 3.05) is 39.8 Å². The van der Waals surface area contributed by atoms with Crippen LogP contribution < -0.4 is 0 Å². The van der Waals surface area contributed by atoms with Crippen LogP contribution >= 0.6 is 0 Å². The van der Waals surface area contributed by atoms with Gasteiger partial charge in [0.15, 0.2) is 0 Å². The predicted octanol–water partition coefficient (Wildman–Crippen LogP) is 2.03. The zero-order valence-corrected chi connectivity index (χ0v) is 17.8. The summed E-state index contributed by atoms with van der Waals surface area (Å²) in [6.45, 7) is 6.50. The molecule has 158 valence electrons. The number of nitrogens with zero attached hydrogens (tertiary/aromatic N) is 5. The van der Waals surface area contributed by atoms with Gasteiger partial charge in [-0.3, -0.25) is 19.6 Å². The Labute approximate surface area is 179 Å². The lowest BCUT2D eigenvalue weighted by Crippen LogP contribution is -2.63. The Morgan fingerprint density at radius 1 is 0.967 bits per heavy atom. The highest BCUT2D eigenvalue weighted by Gasteiger charge is 2.58. The highest BCUT2D eigenvalue weighted by atomic mass is 16.2. The molecule has 0 saturated carbocycles. The van der Waals surface area contributed by atoms with Crippen LogP contribution in [-0.2, 0) is 17.9 Å². The summed E-state index contributed by atoms with van der Waals surface area (Å²) in [6, 6.07) is 14.6. The number of piperidine rings is 1. The average molecular weight is 406 g/mol. The number of carbonyl (C=O) groups is 1. The summed E-state index contributed by atoms with van der Waals surface area (Å²) < 4.78 is 0. The number of hydrogen-bond acceptors (Lipinski definition) is 5. The lowest BCUT2D eigenvalue weighted by Gasteiger charge is -2.51. The number of rotatable bonds is 4. The van der Waals surface area contributed by atoms with Gasteiger partial charge in [0.05, 0.1) is 5.66 Å². The fraction of sp³-hybridized carbons (Fsp3) is 0.500. The SMILES string of the molecule is CN1CCN2[C@H](C1)C(=O)N(Cc1ccccc1)C21CCN(Cc2cccnc2)CC1. The zero-order chi connectivity index (χ0) is 20.6. The van der Waals surface area contributed by atoms with E-state index in [0.29, 0.717) is 12.5 Å². The van der Waals surface area contributed by atoms with Crippen LogP contribution in [-0.4, -0.2) is 82.0 Å². The van der Waals surface area contributed by atoms with Crippen LogP contribution in [0.15, 0.2) is 54.9 Å². The van der Waals surface area contributed by atoms with E-state index in [4.69, 9.17) is 0 Å². The standard InChI is InChI=1S/C24H31N5O/c1-26-14-15-28-22(19-26)23(30)29(18-20-6-3-2-4-7-20)24(28)9-12-27(13-10-24)17-21-8-5-11-25-16-21/h2-8,11,16,22H,9-10,12-15,17-19H2,1H3/t22-/m1/s1. The van der Waals surface area contributed by atoms with Crippen molar-refractivity contribution in [1.29, 1.82) is 0 Å². The number of aromatic nitrogens is 1. The third kappa shape index (κ3) is 3.53. The molecule has 3 aliphatic heterocycles. The maximum Gasteiger partial charge on any atom is 0.243 e. The number of likely N-dealkylation sites (N-methyl/N-ethyl adjacent to an activating group) is 1. The summed E-state index contributed by atoms with van der Waals surface area (Å²) in [4.78, 5) is 27.4. The Morgan fingerprint density at radius 2 is 1.73 bits per heavy atom. The predicted molar refractivity (Wildman–Crippen MR) is 116 cm³/mol. The van der Waals surface area contributed by atoms with E-state index in [1.165, 1.54) is 11.1 Å². The Bertz CT molecular complexity index is 866. The van der Waals surface area contributed by atoms with Gasteiger partial charge >= 0.3 is 0 Å². The van der Waals surface area contributed by atoms with Gasteiger partial charge in [0.25, 0.3) is 0 Å². The van der Waals surface area contributed by atoms with Crippen molar-refractivity contribution < 1.29 is 4.79 Å². The molecule has 0 N–H and O–H groups in total. The molecule has 3 aliphatic rings. The number of likely N-dealkylation sites (tertiary alicyclic amines) is 1. The maximum absolute atomic E-state index is 13.6. The monoisotopic (exact) mass is 405 g/mol. The van der Waals surface area contributed by atoms with Crippen LogP contribution in [0.4, 0.5) is 0 Å². The first-order valence-corrected chi connectivity index (χ1v) is 11.1. The first-order valence-electron chi connectivity index (χ1n) is 11.1. The normalized spacial score (nSPS) is 25.0. The molecule has 1 spiro atoms. The minimum Gasteiger partial charge on any atom is -0.318 e. The van der Waals surface area contributed by atoms with Crippen LogP contribution in [0.25, 0.3) is 0 Å². The first-order chi connectivity index (χ1) is 14.7. The van der Waals surface area contributed by atoms with Gasteiger partial charge in [-0.05, 0) is 37.1 Å². The van der Waals surface area contributed by atoms with Crippen molar-refractivity contribution in [3.63, 3.8) is 0 Å². The van der Waals surface area contributed by atoms with Crippen molar-refractivity contribution in [1.82, 2.24) is 24.6 Å². The molecule has 1 aromatic heterocycles. The number of carbonyl (C=O) groups excluding carboxylic acids is 1. The molecule has 0 radical (unpaired) electrons. The third-order valence-electron chi connectivity index (χ3n) is 7.14.